The number of carboxylic acid groups (broad SMARTS) is 1. The van der Waals surface area contributed by atoms with Gasteiger partial charge in [0.25, 0.3) is 0 Å². The number of benzene rings is 1. The highest BCUT2D eigenvalue weighted by Gasteiger charge is 2.12. The second-order valence-electron chi connectivity index (χ2n) is 3.63. The second kappa shape index (κ2) is 4.26. The zero-order chi connectivity index (χ0) is 12.5. The molecule has 18 heavy (non-hydrogen) atoms. The van der Waals surface area contributed by atoms with Gasteiger partial charge in [-0.3, -0.25) is 4.79 Å². The summed E-state index contributed by atoms with van der Waals surface area (Å²) >= 11 is 1.14. The van der Waals surface area contributed by atoms with Gasteiger partial charge in [-0.25, -0.2) is 4.52 Å². The van der Waals surface area contributed by atoms with Crippen molar-refractivity contribution in [1.82, 2.24) is 19.8 Å². The van der Waals surface area contributed by atoms with Crippen molar-refractivity contribution in [3.05, 3.63) is 30.6 Å². The highest BCUT2D eigenvalue weighted by atomic mass is 32.2. The zero-order valence-electron chi connectivity index (χ0n) is 9.15. The second-order valence-corrected chi connectivity index (χ2v) is 4.59. The van der Waals surface area contributed by atoms with E-state index in [1.54, 1.807) is 4.52 Å². The van der Waals surface area contributed by atoms with Gasteiger partial charge < -0.3 is 5.11 Å². The van der Waals surface area contributed by atoms with Gasteiger partial charge in [-0.1, -0.05) is 30.0 Å². The van der Waals surface area contributed by atoms with Gasteiger partial charge in [0.2, 0.25) is 0 Å². The first-order valence-electron chi connectivity index (χ1n) is 5.19. The third kappa shape index (κ3) is 1.78. The molecule has 0 aliphatic heterocycles. The molecule has 0 atom stereocenters. The third-order valence-corrected chi connectivity index (χ3v) is 3.39. The van der Waals surface area contributed by atoms with Crippen LogP contribution in [0.25, 0.3) is 16.4 Å². The molecule has 6 nitrogen and oxygen atoms in total. The van der Waals surface area contributed by atoms with Gasteiger partial charge in [0, 0.05) is 5.39 Å². The number of nitrogens with zero attached hydrogens (tertiary/aromatic N) is 4. The minimum Gasteiger partial charge on any atom is -0.481 e. The number of rotatable bonds is 3. The molecule has 0 spiro atoms. The molecular formula is C11H8N4O2S. The number of thioether (sulfide) groups is 1. The van der Waals surface area contributed by atoms with Crippen LogP contribution in [0, 0.1) is 0 Å². The Kier molecular flexibility index (Phi) is 2.60. The van der Waals surface area contributed by atoms with E-state index < -0.39 is 5.97 Å². The molecule has 90 valence electrons. The molecule has 3 aromatic rings. The minimum atomic E-state index is -0.882. The summed E-state index contributed by atoms with van der Waals surface area (Å²) in [5.41, 5.74) is 1.64. The van der Waals surface area contributed by atoms with Crippen molar-refractivity contribution in [2.45, 2.75) is 5.03 Å². The first-order chi connectivity index (χ1) is 8.75. The summed E-state index contributed by atoms with van der Waals surface area (Å²) in [4.78, 5) is 10.6. The lowest BCUT2D eigenvalue weighted by Gasteiger charge is -1.99. The van der Waals surface area contributed by atoms with Crippen LogP contribution in [0.2, 0.25) is 0 Å². The Bertz CT molecular complexity index is 740. The van der Waals surface area contributed by atoms with Crippen molar-refractivity contribution < 1.29 is 9.90 Å². The highest BCUT2D eigenvalue weighted by Crippen LogP contribution is 2.26. The standard InChI is InChI=1S/C11H8N4O2S/c16-9(17)5-18-11-10-7-3-1-2-4-8(7)14-15(10)6-12-13-11/h1-4,6H,5H2,(H,16,17). The molecular weight excluding hydrogens is 252 g/mol. The van der Waals surface area contributed by atoms with Crippen LogP contribution in [-0.2, 0) is 4.79 Å². The van der Waals surface area contributed by atoms with Crippen LogP contribution in [-0.4, -0.2) is 36.6 Å². The summed E-state index contributed by atoms with van der Waals surface area (Å²) in [6, 6.07) is 7.65. The average molecular weight is 260 g/mol. The third-order valence-electron chi connectivity index (χ3n) is 2.45. The van der Waals surface area contributed by atoms with Crippen LogP contribution >= 0.6 is 11.8 Å². The summed E-state index contributed by atoms with van der Waals surface area (Å²) in [5.74, 6) is -0.930. The SMILES string of the molecule is O=C(O)CSc1nncn2nc3ccccc3c12. The number of aliphatic carboxylic acids is 1. The lowest BCUT2D eigenvalue weighted by Crippen LogP contribution is -2.00. The van der Waals surface area contributed by atoms with E-state index in [0.29, 0.717) is 5.03 Å². The summed E-state index contributed by atoms with van der Waals surface area (Å²) in [6.07, 6.45) is 1.51. The predicted octanol–water partition coefficient (Wildman–Crippen LogP) is 1.45. The number of carbonyl (C=O) groups is 1. The first-order valence-corrected chi connectivity index (χ1v) is 6.17. The van der Waals surface area contributed by atoms with E-state index in [9.17, 15) is 4.79 Å². The van der Waals surface area contributed by atoms with E-state index in [1.807, 2.05) is 24.3 Å². The van der Waals surface area contributed by atoms with Gasteiger partial charge in [0.15, 0.2) is 0 Å². The molecule has 0 aliphatic carbocycles. The maximum atomic E-state index is 10.6. The molecule has 0 fully saturated rings. The Morgan fingerprint density at radius 2 is 2.22 bits per heavy atom. The lowest BCUT2D eigenvalue weighted by molar-refractivity contribution is -0.133. The fourth-order valence-electron chi connectivity index (χ4n) is 1.75. The molecule has 7 heteroatoms. The van der Waals surface area contributed by atoms with E-state index in [-0.39, 0.29) is 5.75 Å². The molecule has 3 rings (SSSR count). The van der Waals surface area contributed by atoms with Gasteiger partial charge in [0.1, 0.15) is 16.9 Å². The zero-order valence-corrected chi connectivity index (χ0v) is 9.96. The van der Waals surface area contributed by atoms with E-state index in [0.717, 1.165) is 28.2 Å². The molecule has 1 aromatic carbocycles. The van der Waals surface area contributed by atoms with Crippen LogP contribution in [0.4, 0.5) is 0 Å². The highest BCUT2D eigenvalue weighted by molar-refractivity contribution is 8.00. The molecule has 0 saturated heterocycles. The lowest BCUT2D eigenvalue weighted by atomic mass is 10.2. The molecule has 0 bridgehead atoms. The molecule has 0 amide bonds. The molecule has 0 saturated carbocycles. The number of carboxylic acids is 1. The van der Waals surface area contributed by atoms with Crippen LogP contribution in [0.3, 0.4) is 0 Å². The fraction of sp³-hybridized carbons (Fsp3) is 0.0909. The maximum absolute atomic E-state index is 10.6. The van der Waals surface area contributed by atoms with E-state index >= 15 is 0 Å². The van der Waals surface area contributed by atoms with Crippen molar-refractivity contribution in [3.63, 3.8) is 0 Å². The Balaban J connectivity index is 2.21. The summed E-state index contributed by atoms with van der Waals surface area (Å²) in [7, 11) is 0. The number of fused-ring (bicyclic) bond motifs is 3. The number of hydrogen-bond donors (Lipinski definition) is 1. The monoisotopic (exact) mass is 260 g/mol. The summed E-state index contributed by atoms with van der Waals surface area (Å²) in [5, 5.41) is 22.4. The predicted molar refractivity (Wildman–Crippen MR) is 66.6 cm³/mol. The normalized spacial score (nSPS) is 11.1. The minimum absolute atomic E-state index is 0.0478. The van der Waals surface area contributed by atoms with Crippen molar-refractivity contribution >= 4 is 34.2 Å². The average Bonchev–Trinajstić information content (AvgIpc) is 2.75. The van der Waals surface area contributed by atoms with Gasteiger partial charge in [0.05, 0.1) is 11.3 Å². The van der Waals surface area contributed by atoms with E-state index in [2.05, 4.69) is 15.3 Å². The molecule has 0 radical (unpaired) electrons. The molecule has 0 unspecified atom stereocenters. The van der Waals surface area contributed by atoms with Crippen LogP contribution in [0.5, 0.6) is 0 Å². The van der Waals surface area contributed by atoms with Gasteiger partial charge >= 0.3 is 5.97 Å². The van der Waals surface area contributed by atoms with Crippen molar-refractivity contribution in [3.8, 4) is 0 Å². The van der Waals surface area contributed by atoms with Crippen molar-refractivity contribution in [2.24, 2.45) is 0 Å². The summed E-state index contributed by atoms with van der Waals surface area (Å²) < 4.78 is 1.63. The Morgan fingerprint density at radius 3 is 3.06 bits per heavy atom. The Hall–Kier alpha value is -2.15. The Morgan fingerprint density at radius 1 is 1.39 bits per heavy atom. The maximum Gasteiger partial charge on any atom is 0.313 e. The smallest absolute Gasteiger partial charge is 0.313 e. The van der Waals surface area contributed by atoms with Gasteiger partial charge in [-0.15, -0.1) is 10.2 Å². The first kappa shape index (κ1) is 11.0. The molecule has 2 heterocycles. The largest absolute Gasteiger partial charge is 0.481 e. The van der Waals surface area contributed by atoms with Crippen molar-refractivity contribution in [2.75, 3.05) is 5.75 Å². The number of aromatic nitrogens is 4. The Labute approximate surface area is 106 Å². The van der Waals surface area contributed by atoms with E-state index in [4.69, 9.17) is 5.11 Å². The molecule has 0 aliphatic rings. The van der Waals surface area contributed by atoms with Crippen molar-refractivity contribution in [1.29, 1.82) is 0 Å². The summed E-state index contributed by atoms with van der Waals surface area (Å²) in [6.45, 7) is 0. The van der Waals surface area contributed by atoms with Crippen LogP contribution < -0.4 is 0 Å². The van der Waals surface area contributed by atoms with Gasteiger partial charge in [-0.2, -0.15) is 5.10 Å². The van der Waals surface area contributed by atoms with Gasteiger partial charge in [-0.05, 0) is 6.07 Å². The fourth-order valence-corrected chi connectivity index (χ4v) is 2.45. The van der Waals surface area contributed by atoms with Crippen LogP contribution in [0.15, 0.2) is 35.6 Å². The molecule has 2 aromatic heterocycles. The van der Waals surface area contributed by atoms with E-state index in [1.165, 1.54) is 6.33 Å². The number of hydrogen-bond acceptors (Lipinski definition) is 5. The van der Waals surface area contributed by atoms with Crippen LogP contribution in [0.1, 0.15) is 0 Å². The topological polar surface area (TPSA) is 80.4 Å². The quantitative estimate of drug-likeness (QED) is 0.718. The molecule has 1 N–H and O–H groups in total.